The maximum atomic E-state index is 14.4. The zero-order valence-corrected chi connectivity index (χ0v) is 30.1. The molecule has 278 valence electrons. The summed E-state index contributed by atoms with van der Waals surface area (Å²) < 4.78 is 17.7. The topological polar surface area (TPSA) is 145 Å². The van der Waals surface area contributed by atoms with E-state index in [2.05, 4.69) is 40.1 Å². The van der Waals surface area contributed by atoms with E-state index in [1.54, 1.807) is 6.92 Å². The van der Waals surface area contributed by atoms with Crippen LogP contribution in [0.4, 0.5) is 4.79 Å². The molecule has 0 aromatic heterocycles. The van der Waals surface area contributed by atoms with Crippen LogP contribution in [-0.2, 0) is 33.4 Å². The number of hydrogen-bond donors (Lipinski definition) is 2. The lowest BCUT2D eigenvalue weighted by Gasteiger charge is -2.33. The van der Waals surface area contributed by atoms with Crippen LogP contribution in [0.5, 0.6) is 0 Å². The van der Waals surface area contributed by atoms with Crippen molar-refractivity contribution in [3.8, 4) is 11.1 Å². The van der Waals surface area contributed by atoms with Gasteiger partial charge in [0.1, 0.15) is 12.6 Å². The number of benzene rings is 2. The van der Waals surface area contributed by atoms with Gasteiger partial charge in [-0.15, -0.1) is 0 Å². The van der Waals surface area contributed by atoms with Gasteiger partial charge in [-0.05, 0) is 61.3 Å². The lowest BCUT2D eigenvalue weighted by atomic mass is 9.93. The molecule has 12 heteroatoms. The second-order valence-electron chi connectivity index (χ2n) is 14.9. The zero-order valence-electron chi connectivity index (χ0n) is 30.1. The SMILES string of the molecule is CCC[C@H](NC(=O)[C@@H]1C[C@]2(CC(C(=O)OCC)=NO2)CN1C(=O)OCC1c2ccccc2-c2ccccc21)C(OC1CCCCC1)C(=O)NC1CC1. The van der Waals surface area contributed by atoms with Crippen molar-refractivity contribution in [2.75, 3.05) is 19.8 Å². The van der Waals surface area contributed by atoms with Crippen LogP contribution < -0.4 is 10.6 Å². The van der Waals surface area contributed by atoms with E-state index < -0.39 is 41.8 Å². The summed E-state index contributed by atoms with van der Waals surface area (Å²) in [6, 6.07) is 14.7. The molecule has 2 heterocycles. The van der Waals surface area contributed by atoms with Gasteiger partial charge in [0.25, 0.3) is 5.91 Å². The summed E-state index contributed by atoms with van der Waals surface area (Å²) in [6.07, 6.45) is 6.63. The number of carbonyl (C=O) groups excluding carboxylic acids is 4. The van der Waals surface area contributed by atoms with E-state index in [1.165, 1.54) is 4.90 Å². The number of nitrogens with zero attached hydrogens (tertiary/aromatic N) is 2. The van der Waals surface area contributed by atoms with Gasteiger partial charge in [0, 0.05) is 24.8 Å². The van der Waals surface area contributed by atoms with Crippen LogP contribution in [0.15, 0.2) is 53.7 Å². The molecular weight excluding hydrogens is 664 g/mol. The largest absolute Gasteiger partial charge is 0.461 e. The number of ether oxygens (including phenoxy) is 3. The van der Waals surface area contributed by atoms with Crippen LogP contribution in [0.1, 0.15) is 102 Å². The minimum absolute atomic E-state index is 0.0171. The Balaban J connectivity index is 1.11. The highest BCUT2D eigenvalue weighted by atomic mass is 16.7. The fourth-order valence-electron chi connectivity index (χ4n) is 8.24. The van der Waals surface area contributed by atoms with Crippen LogP contribution in [-0.4, -0.2) is 90.2 Å². The number of fused-ring (bicyclic) bond motifs is 3. The molecule has 12 nitrogen and oxygen atoms in total. The van der Waals surface area contributed by atoms with Gasteiger partial charge in [0.05, 0.1) is 25.3 Å². The molecule has 1 saturated heterocycles. The second kappa shape index (κ2) is 15.7. The Bertz CT molecular complexity index is 1640. The summed E-state index contributed by atoms with van der Waals surface area (Å²) in [7, 11) is 0. The molecule has 3 aliphatic carbocycles. The molecule has 3 fully saturated rings. The van der Waals surface area contributed by atoms with E-state index in [9.17, 15) is 19.2 Å². The number of nitrogens with one attached hydrogen (secondary N) is 2. The Kier molecular flexibility index (Phi) is 10.8. The van der Waals surface area contributed by atoms with Gasteiger partial charge in [-0.25, -0.2) is 9.59 Å². The first-order valence-electron chi connectivity index (χ1n) is 19.1. The Morgan fingerprint density at radius 2 is 1.63 bits per heavy atom. The minimum Gasteiger partial charge on any atom is -0.461 e. The van der Waals surface area contributed by atoms with E-state index >= 15 is 0 Å². The Morgan fingerprint density at radius 3 is 2.29 bits per heavy atom. The highest BCUT2D eigenvalue weighted by molar-refractivity contribution is 6.36. The van der Waals surface area contributed by atoms with E-state index in [-0.39, 0.29) is 62.3 Å². The van der Waals surface area contributed by atoms with Gasteiger partial charge in [-0.2, -0.15) is 0 Å². The Hall–Kier alpha value is -4.45. The molecule has 2 aromatic carbocycles. The minimum atomic E-state index is -1.11. The van der Waals surface area contributed by atoms with Crippen molar-refractivity contribution in [1.29, 1.82) is 0 Å². The van der Waals surface area contributed by atoms with Crippen molar-refractivity contribution in [2.24, 2.45) is 5.16 Å². The number of hydrogen-bond acceptors (Lipinski definition) is 9. The normalized spacial score (nSPS) is 23.6. The van der Waals surface area contributed by atoms with Gasteiger partial charge < -0.3 is 29.7 Å². The molecule has 5 aliphatic rings. The molecule has 2 saturated carbocycles. The summed E-state index contributed by atoms with van der Waals surface area (Å²) >= 11 is 0. The van der Waals surface area contributed by atoms with Gasteiger partial charge in [-0.3, -0.25) is 14.5 Å². The van der Waals surface area contributed by atoms with Gasteiger partial charge in [0.15, 0.2) is 17.4 Å². The standard InChI is InChI=1S/C40H50N4O8/c1-3-12-32(35(37(46)41-25-19-20-25)51-26-13-6-5-7-14-26)42-36(45)34-22-40(21-33(43-52-40)38(47)49-4-2)24-44(34)39(48)50-23-31-29-17-10-8-15-27(29)28-16-9-11-18-30(28)31/h8-11,15-18,25-26,31-32,34-35H,3-7,12-14,19-24H2,1-2H3,(H,41,46)(H,42,45)/t32-,34-,35?,40+/m0/s1. The second-order valence-corrected chi connectivity index (χ2v) is 14.9. The first-order valence-corrected chi connectivity index (χ1v) is 19.1. The predicted octanol–water partition coefficient (Wildman–Crippen LogP) is 5.37. The summed E-state index contributed by atoms with van der Waals surface area (Å²) in [4.78, 5) is 62.0. The molecule has 0 radical (unpaired) electrons. The molecule has 7 rings (SSSR count). The van der Waals surface area contributed by atoms with Crippen LogP contribution in [0.2, 0.25) is 0 Å². The highest BCUT2D eigenvalue weighted by Crippen LogP contribution is 2.45. The van der Waals surface area contributed by atoms with Crippen LogP contribution >= 0.6 is 0 Å². The summed E-state index contributed by atoms with van der Waals surface area (Å²) in [5.41, 5.74) is 3.36. The Morgan fingerprint density at radius 1 is 0.942 bits per heavy atom. The van der Waals surface area contributed by atoms with Gasteiger partial charge >= 0.3 is 12.1 Å². The molecule has 1 spiro atoms. The first-order chi connectivity index (χ1) is 25.3. The molecule has 0 bridgehead atoms. The number of amides is 3. The fourth-order valence-corrected chi connectivity index (χ4v) is 8.24. The molecule has 2 aromatic rings. The van der Waals surface area contributed by atoms with Crippen LogP contribution in [0.3, 0.4) is 0 Å². The monoisotopic (exact) mass is 714 g/mol. The third-order valence-corrected chi connectivity index (χ3v) is 11.0. The average molecular weight is 715 g/mol. The molecular formula is C40H50N4O8. The van der Waals surface area contributed by atoms with Gasteiger partial charge in [0.2, 0.25) is 5.91 Å². The molecule has 2 N–H and O–H groups in total. The lowest BCUT2D eigenvalue weighted by molar-refractivity contribution is -0.143. The molecule has 3 amide bonds. The summed E-state index contributed by atoms with van der Waals surface area (Å²) in [5.74, 6) is -1.41. The molecule has 4 atom stereocenters. The van der Waals surface area contributed by atoms with Crippen molar-refractivity contribution < 1.29 is 38.2 Å². The number of carbonyl (C=O) groups is 4. The van der Waals surface area contributed by atoms with E-state index in [1.807, 2.05) is 31.2 Å². The first kappa shape index (κ1) is 35.9. The molecule has 2 aliphatic heterocycles. The third kappa shape index (κ3) is 7.67. The quantitative estimate of drug-likeness (QED) is 0.264. The van der Waals surface area contributed by atoms with E-state index in [0.29, 0.717) is 12.8 Å². The number of esters is 1. The van der Waals surface area contributed by atoms with Crippen molar-refractivity contribution in [3.63, 3.8) is 0 Å². The van der Waals surface area contributed by atoms with E-state index in [4.69, 9.17) is 19.0 Å². The molecule has 52 heavy (non-hydrogen) atoms. The maximum absolute atomic E-state index is 14.4. The van der Waals surface area contributed by atoms with Crippen LogP contribution in [0, 0.1) is 0 Å². The van der Waals surface area contributed by atoms with Crippen molar-refractivity contribution in [3.05, 3.63) is 59.7 Å². The van der Waals surface area contributed by atoms with Gasteiger partial charge in [-0.1, -0.05) is 86.3 Å². The fraction of sp³-hybridized carbons (Fsp3) is 0.575. The number of oxime groups is 1. The zero-order chi connectivity index (χ0) is 36.2. The van der Waals surface area contributed by atoms with Crippen molar-refractivity contribution >= 4 is 29.6 Å². The lowest BCUT2D eigenvalue weighted by Crippen LogP contribution is -2.56. The number of likely N-dealkylation sites (tertiary alicyclic amines) is 1. The average Bonchev–Trinajstić information content (AvgIpc) is 3.61. The molecule has 1 unspecified atom stereocenters. The van der Waals surface area contributed by atoms with Crippen LogP contribution in [0.25, 0.3) is 11.1 Å². The highest BCUT2D eigenvalue weighted by Gasteiger charge is 2.56. The van der Waals surface area contributed by atoms with Crippen molar-refractivity contribution in [2.45, 2.75) is 126 Å². The summed E-state index contributed by atoms with van der Waals surface area (Å²) in [6.45, 7) is 3.95. The maximum Gasteiger partial charge on any atom is 0.410 e. The van der Waals surface area contributed by atoms with Crippen molar-refractivity contribution in [1.82, 2.24) is 15.5 Å². The predicted molar refractivity (Wildman–Crippen MR) is 192 cm³/mol. The smallest absolute Gasteiger partial charge is 0.410 e. The third-order valence-electron chi connectivity index (χ3n) is 11.0. The summed E-state index contributed by atoms with van der Waals surface area (Å²) in [5, 5.41) is 10.3. The van der Waals surface area contributed by atoms with E-state index in [0.717, 1.165) is 67.2 Å². The number of rotatable bonds is 13. The Labute approximate surface area is 304 Å².